The van der Waals surface area contributed by atoms with Crippen LogP contribution in [0, 0.1) is 17.4 Å². The van der Waals surface area contributed by atoms with Crippen molar-refractivity contribution in [1.82, 2.24) is 0 Å². The van der Waals surface area contributed by atoms with Crippen molar-refractivity contribution in [3.8, 4) is 0 Å². The SMILES string of the molecule is Cc1ccc(C(=O)CCC(=O)Nc2ccc(I)cc2)c(C)c1. The Morgan fingerprint density at radius 3 is 2.32 bits per heavy atom. The zero-order valence-electron chi connectivity index (χ0n) is 12.7. The maximum Gasteiger partial charge on any atom is 0.224 e. The van der Waals surface area contributed by atoms with Crippen LogP contribution < -0.4 is 5.32 Å². The quantitative estimate of drug-likeness (QED) is 0.586. The fraction of sp³-hybridized carbons (Fsp3) is 0.222. The van der Waals surface area contributed by atoms with Crippen LogP contribution >= 0.6 is 22.6 Å². The van der Waals surface area contributed by atoms with Crippen LogP contribution in [0.15, 0.2) is 42.5 Å². The highest BCUT2D eigenvalue weighted by atomic mass is 127. The van der Waals surface area contributed by atoms with Crippen molar-refractivity contribution in [2.75, 3.05) is 5.32 Å². The molecule has 4 heteroatoms. The minimum absolute atomic E-state index is 0.00950. The number of ketones is 1. The maximum absolute atomic E-state index is 12.2. The summed E-state index contributed by atoms with van der Waals surface area (Å²) in [5.74, 6) is -0.130. The molecule has 0 aromatic heterocycles. The average molecular weight is 407 g/mol. The lowest BCUT2D eigenvalue weighted by Crippen LogP contribution is -2.14. The van der Waals surface area contributed by atoms with Gasteiger partial charge in [0.2, 0.25) is 5.91 Å². The predicted octanol–water partition coefficient (Wildman–Crippen LogP) is 4.51. The van der Waals surface area contributed by atoms with E-state index in [9.17, 15) is 9.59 Å². The number of hydrogen-bond acceptors (Lipinski definition) is 2. The van der Waals surface area contributed by atoms with Gasteiger partial charge in [0.25, 0.3) is 0 Å². The fourth-order valence-corrected chi connectivity index (χ4v) is 2.60. The molecule has 2 rings (SSSR count). The number of nitrogens with one attached hydrogen (secondary N) is 1. The number of aryl methyl sites for hydroxylation is 2. The molecule has 0 unspecified atom stereocenters. The van der Waals surface area contributed by atoms with Gasteiger partial charge in [-0.25, -0.2) is 0 Å². The first-order chi connectivity index (χ1) is 10.5. The van der Waals surface area contributed by atoms with Gasteiger partial charge in [-0.3, -0.25) is 9.59 Å². The Morgan fingerprint density at radius 2 is 1.68 bits per heavy atom. The Kier molecular flexibility index (Phi) is 5.71. The summed E-state index contributed by atoms with van der Waals surface area (Å²) < 4.78 is 1.11. The molecule has 0 saturated carbocycles. The summed E-state index contributed by atoms with van der Waals surface area (Å²) in [6.45, 7) is 3.92. The van der Waals surface area contributed by atoms with Gasteiger partial charge in [0.15, 0.2) is 5.78 Å². The maximum atomic E-state index is 12.2. The lowest BCUT2D eigenvalue weighted by Gasteiger charge is -2.07. The fourth-order valence-electron chi connectivity index (χ4n) is 2.24. The van der Waals surface area contributed by atoms with E-state index in [1.165, 1.54) is 0 Å². The lowest BCUT2D eigenvalue weighted by molar-refractivity contribution is -0.116. The van der Waals surface area contributed by atoms with Crippen LogP contribution in [0.4, 0.5) is 5.69 Å². The predicted molar refractivity (Wildman–Crippen MR) is 97.3 cm³/mol. The Balaban J connectivity index is 1.90. The molecule has 1 N–H and O–H groups in total. The summed E-state index contributed by atoms with van der Waals surface area (Å²) in [4.78, 5) is 24.1. The number of hydrogen-bond donors (Lipinski definition) is 1. The average Bonchev–Trinajstić information content (AvgIpc) is 2.47. The van der Waals surface area contributed by atoms with E-state index in [4.69, 9.17) is 0 Å². The summed E-state index contributed by atoms with van der Waals surface area (Å²) >= 11 is 2.21. The van der Waals surface area contributed by atoms with E-state index in [-0.39, 0.29) is 24.5 Å². The summed E-state index contributed by atoms with van der Waals surface area (Å²) in [6.07, 6.45) is 0.415. The third-order valence-electron chi connectivity index (χ3n) is 3.39. The summed E-state index contributed by atoms with van der Waals surface area (Å²) in [5.41, 5.74) is 3.55. The van der Waals surface area contributed by atoms with Gasteiger partial charge >= 0.3 is 0 Å². The summed E-state index contributed by atoms with van der Waals surface area (Å²) in [6, 6.07) is 13.3. The normalized spacial score (nSPS) is 10.3. The molecule has 0 radical (unpaired) electrons. The van der Waals surface area contributed by atoms with E-state index >= 15 is 0 Å². The van der Waals surface area contributed by atoms with Crippen molar-refractivity contribution >= 4 is 40.0 Å². The second-order valence-electron chi connectivity index (χ2n) is 5.30. The lowest BCUT2D eigenvalue weighted by atomic mass is 9.99. The molecule has 0 fully saturated rings. The molecule has 0 aliphatic rings. The van der Waals surface area contributed by atoms with Gasteiger partial charge in [0.05, 0.1) is 0 Å². The van der Waals surface area contributed by atoms with Gasteiger partial charge in [-0.1, -0.05) is 23.8 Å². The monoisotopic (exact) mass is 407 g/mol. The van der Waals surface area contributed by atoms with Crippen molar-refractivity contribution in [3.05, 3.63) is 62.7 Å². The van der Waals surface area contributed by atoms with Crippen LogP contribution in [0.3, 0.4) is 0 Å². The highest BCUT2D eigenvalue weighted by molar-refractivity contribution is 14.1. The first kappa shape index (κ1) is 16.7. The molecule has 2 aromatic rings. The highest BCUT2D eigenvalue weighted by Crippen LogP contribution is 2.15. The molecule has 0 aliphatic heterocycles. The third-order valence-corrected chi connectivity index (χ3v) is 4.11. The Morgan fingerprint density at radius 1 is 1.00 bits per heavy atom. The summed E-state index contributed by atoms with van der Waals surface area (Å²) in [5, 5.41) is 2.81. The molecule has 0 spiro atoms. The van der Waals surface area contributed by atoms with Crippen molar-refractivity contribution in [3.63, 3.8) is 0 Å². The molecule has 0 bridgehead atoms. The van der Waals surface area contributed by atoms with E-state index in [1.807, 2.05) is 56.3 Å². The number of anilines is 1. The number of amides is 1. The standard InChI is InChI=1S/C18H18INO2/c1-12-3-8-16(13(2)11-12)17(21)9-10-18(22)20-15-6-4-14(19)5-7-15/h3-8,11H,9-10H2,1-2H3,(H,20,22). The minimum atomic E-state index is -0.140. The van der Waals surface area contributed by atoms with Crippen LogP contribution in [-0.4, -0.2) is 11.7 Å². The van der Waals surface area contributed by atoms with Crippen molar-refractivity contribution < 1.29 is 9.59 Å². The number of halogens is 1. The summed E-state index contributed by atoms with van der Waals surface area (Å²) in [7, 11) is 0. The van der Waals surface area contributed by atoms with Gasteiger partial charge in [-0.2, -0.15) is 0 Å². The molecule has 114 valence electrons. The Hall–Kier alpha value is -1.69. The van der Waals surface area contributed by atoms with E-state index in [2.05, 4.69) is 27.9 Å². The Labute approximate surface area is 144 Å². The van der Waals surface area contributed by atoms with Gasteiger partial charge in [0, 0.05) is 27.7 Å². The second kappa shape index (κ2) is 7.54. The molecule has 2 aromatic carbocycles. The molecule has 0 aliphatic carbocycles. The van der Waals surface area contributed by atoms with Crippen LogP contribution in [0.1, 0.15) is 34.3 Å². The van der Waals surface area contributed by atoms with Crippen LogP contribution in [-0.2, 0) is 4.79 Å². The number of carbonyl (C=O) groups excluding carboxylic acids is 2. The van der Waals surface area contributed by atoms with Crippen molar-refractivity contribution in [2.24, 2.45) is 0 Å². The van der Waals surface area contributed by atoms with E-state index in [0.29, 0.717) is 5.56 Å². The topological polar surface area (TPSA) is 46.2 Å². The smallest absolute Gasteiger partial charge is 0.224 e. The van der Waals surface area contributed by atoms with Crippen LogP contribution in [0.2, 0.25) is 0 Å². The molecule has 0 saturated heterocycles. The Bertz CT molecular complexity index is 693. The van der Waals surface area contributed by atoms with Gasteiger partial charge in [0.1, 0.15) is 0 Å². The molecular weight excluding hydrogens is 389 g/mol. The second-order valence-corrected chi connectivity index (χ2v) is 6.54. The van der Waals surface area contributed by atoms with Crippen molar-refractivity contribution in [2.45, 2.75) is 26.7 Å². The first-order valence-electron chi connectivity index (χ1n) is 7.11. The highest BCUT2D eigenvalue weighted by Gasteiger charge is 2.11. The zero-order valence-corrected chi connectivity index (χ0v) is 14.8. The van der Waals surface area contributed by atoms with Gasteiger partial charge in [-0.15, -0.1) is 0 Å². The van der Waals surface area contributed by atoms with Crippen molar-refractivity contribution in [1.29, 1.82) is 0 Å². The number of Topliss-reactive ketones (excluding diaryl/α,β-unsaturated/α-hetero) is 1. The van der Waals surface area contributed by atoms with Gasteiger partial charge in [-0.05, 0) is 66.3 Å². The van der Waals surface area contributed by atoms with E-state index in [1.54, 1.807) is 0 Å². The number of rotatable bonds is 5. The molecule has 0 atom stereocenters. The van der Waals surface area contributed by atoms with Crippen LogP contribution in [0.25, 0.3) is 0 Å². The molecular formula is C18H18INO2. The number of carbonyl (C=O) groups is 2. The largest absolute Gasteiger partial charge is 0.326 e. The molecule has 3 nitrogen and oxygen atoms in total. The third kappa shape index (κ3) is 4.66. The van der Waals surface area contributed by atoms with E-state index in [0.717, 1.165) is 20.4 Å². The first-order valence-corrected chi connectivity index (χ1v) is 8.19. The zero-order chi connectivity index (χ0) is 16.1. The molecule has 22 heavy (non-hydrogen) atoms. The number of benzene rings is 2. The van der Waals surface area contributed by atoms with E-state index < -0.39 is 0 Å². The molecule has 0 heterocycles. The molecule has 1 amide bonds. The minimum Gasteiger partial charge on any atom is -0.326 e. The van der Waals surface area contributed by atoms with Gasteiger partial charge < -0.3 is 5.32 Å². The van der Waals surface area contributed by atoms with Crippen LogP contribution in [0.5, 0.6) is 0 Å².